The van der Waals surface area contributed by atoms with Crippen LogP contribution < -0.4 is 5.32 Å². The molecule has 0 amide bonds. The molecule has 0 radical (unpaired) electrons. The lowest BCUT2D eigenvalue weighted by molar-refractivity contribution is 0.497. The van der Waals surface area contributed by atoms with Crippen molar-refractivity contribution in [3.05, 3.63) is 40.7 Å². The molecule has 0 aliphatic heterocycles. The molecule has 1 atom stereocenters. The van der Waals surface area contributed by atoms with E-state index in [1.54, 1.807) is 11.3 Å². The van der Waals surface area contributed by atoms with Crippen LogP contribution in [0.2, 0.25) is 0 Å². The standard InChI is InChI=1S/C17H24N2S2/c1-3-10-18-15(9-11-20-2)12-17-19-16(13-21-17)14-7-5-4-6-8-14/h4-8,13,15,18H,3,9-12H2,1-2H3. The predicted octanol–water partition coefficient (Wildman–Crippen LogP) is 4.47. The number of hydrogen-bond donors (Lipinski definition) is 1. The van der Waals surface area contributed by atoms with Gasteiger partial charge in [0.25, 0.3) is 0 Å². The van der Waals surface area contributed by atoms with E-state index in [0.717, 1.165) is 18.7 Å². The topological polar surface area (TPSA) is 24.9 Å². The van der Waals surface area contributed by atoms with E-state index in [9.17, 15) is 0 Å². The van der Waals surface area contributed by atoms with Crippen molar-refractivity contribution < 1.29 is 0 Å². The first-order chi connectivity index (χ1) is 10.3. The van der Waals surface area contributed by atoms with Gasteiger partial charge in [-0.2, -0.15) is 11.8 Å². The summed E-state index contributed by atoms with van der Waals surface area (Å²) in [6, 6.07) is 11.0. The maximum absolute atomic E-state index is 4.81. The molecule has 21 heavy (non-hydrogen) atoms. The predicted molar refractivity (Wildman–Crippen MR) is 96.3 cm³/mol. The van der Waals surface area contributed by atoms with Crippen LogP contribution in [-0.4, -0.2) is 29.6 Å². The SMILES string of the molecule is CCCNC(CCSC)Cc1nc(-c2ccccc2)cs1. The molecule has 1 N–H and O–H groups in total. The van der Waals surface area contributed by atoms with Gasteiger partial charge in [0.15, 0.2) is 0 Å². The molecule has 4 heteroatoms. The Morgan fingerprint density at radius 3 is 2.81 bits per heavy atom. The van der Waals surface area contributed by atoms with E-state index in [1.807, 2.05) is 17.8 Å². The highest BCUT2D eigenvalue weighted by Crippen LogP contribution is 2.22. The zero-order valence-electron chi connectivity index (χ0n) is 12.8. The summed E-state index contributed by atoms with van der Waals surface area (Å²) in [6.45, 7) is 3.31. The third-order valence-corrected chi connectivity index (χ3v) is 4.91. The number of nitrogens with zero attached hydrogens (tertiary/aromatic N) is 1. The molecule has 2 aromatic rings. The van der Waals surface area contributed by atoms with Gasteiger partial charge in [0.1, 0.15) is 0 Å². The molecule has 0 aliphatic carbocycles. The Morgan fingerprint density at radius 1 is 1.29 bits per heavy atom. The lowest BCUT2D eigenvalue weighted by Crippen LogP contribution is -2.32. The average molecular weight is 321 g/mol. The molecule has 1 aromatic heterocycles. The Morgan fingerprint density at radius 2 is 2.10 bits per heavy atom. The zero-order chi connectivity index (χ0) is 14.9. The van der Waals surface area contributed by atoms with Crippen molar-refractivity contribution in [1.29, 1.82) is 0 Å². The summed E-state index contributed by atoms with van der Waals surface area (Å²) in [5.41, 5.74) is 2.32. The number of aromatic nitrogens is 1. The van der Waals surface area contributed by atoms with E-state index in [0.29, 0.717) is 6.04 Å². The van der Waals surface area contributed by atoms with Gasteiger partial charge < -0.3 is 5.32 Å². The Labute approximate surface area is 136 Å². The van der Waals surface area contributed by atoms with E-state index < -0.39 is 0 Å². The molecule has 0 spiro atoms. The van der Waals surface area contributed by atoms with Crippen LogP contribution in [0.25, 0.3) is 11.3 Å². The second-order valence-electron chi connectivity index (χ2n) is 5.13. The molecule has 0 aliphatic rings. The van der Waals surface area contributed by atoms with E-state index in [-0.39, 0.29) is 0 Å². The largest absolute Gasteiger partial charge is 0.314 e. The van der Waals surface area contributed by atoms with E-state index in [1.165, 1.54) is 29.2 Å². The number of benzene rings is 1. The molecule has 2 rings (SSSR count). The Balaban J connectivity index is 1.98. The number of rotatable bonds is 9. The Bertz CT molecular complexity index is 503. The van der Waals surface area contributed by atoms with E-state index >= 15 is 0 Å². The molecular weight excluding hydrogens is 296 g/mol. The number of hydrogen-bond acceptors (Lipinski definition) is 4. The van der Waals surface area contributed by atoms with Crippen LogP contribution in [0.3, 0.4) is 0 Å². The minimum atomic E-state index is 0.548. The Hall–Kier alpha value is -0.840. The molecule has 0 saturated carbocycles. The van der Waals surface area contributed by atoms with Gasteiger partial charge in [-0.1, -0.05) is 37.3 Å². The summed E-state index contributed by atoms with van der Waals surface area (Å²) in [5, 5.41) is 7.07. The van der Waals surface area contributed by atoms with Crippen molar-refractivity contribution in [3.63, 3.8) is 0 Å². The monoisotopic (exact) mass is 320 g/mol. The highest BCUT2D eigenvalue weighted by atomic mass is 32.2. The second-order valence-corrected chi connectivity index (χ2v) is 7.06. The quantitative estimate of drug-likeness (QED) is 0.737. The normalized spacial score (nSPS) is 12.5. The maximum Gasteiger partial charge on any atom is 0.0948 e. The molecule has 114 valence electrons. The van der Waals surface area contributed by atoms with Crippen LogP contribution in [-0.2, 0) is 6.42 Å². The van der Waals surface area contributed by atoms with Gasteiger partial charge in [-0.15, -0.1) is 11.3 Å². The zero-order valence-corrected chi connectivity index (χ0v) is 14.5. The van der Waals surface area contributed by atoms with Gasteiger partial charge >= 0.3 is 0 Å². The van der Waals surface area contributed by atoms with Crippen molar-refractivity contribution in [3.8, 4) is 11.3 Å². The molecular formula is C17H24N2S2. The minimum Gasteiger partial charge on any atom is -0.314 e. The fourth-order valence-electron chi connectivity index (χ4n) is 2.24. The molecule has 2 nitrogen and oxygen atoms in total. The summed E-state index contributed by atoms with van der Waals surface area (Å²) in [6.07, 6.45) is 5.61. The van der Waals surface area contributed by atoms with E-state index in [4.69, 9.17) is 4.98 Å². The lowest BCUT2D eigenvalue weighted by Gasteiger charge is -2.16. The Kier molecular flexibility index (Phi) is 7.27. The molecule has 1 aromatic carbocycles. The summed E-state index contributed by atoms with van der Waals surface area (Å²) in [7, 11) is 0. The summed E-state index contributed by atoms with van der Waals surface area (Å²) >= 11 is 3.70. The van der Waals surface area contributed by atoms with Gasteiger partial charge in [0.05, 0.1) is 10.7 Å². The average Bonchev–Trinajstić information content (AvgIpc) is 2.99. The fourth-order valence-corrected chi connectivity index (χ4v) is 3.65. The fraction of sp³-hybridized carbons (Fsp3) is 0.471. The molecule has 1 heterocycles. The second kappa shape index (κ2) is 9.23. The number of nitrogens with one attached hydrogen (secondary N) is 1. The van der Waals surface area contributed by atoms with Crippen LogP contribution >= 0.6 is 23.1 Å². The van der Waals surface area contributed by atoms with Crippen molar-refractivity contribution >= 4 is 23.1 Å². The first-order valence-electron chi connectivity index (χ1n) is 7.55. The van der Waals surface area contributed by atoms with Crippen molar-refractivity contribution in [2.24, 2.45) is 0 Å². The van der Waals surface area contributed by atoms with Crippen LogP contribution in [0.15, 0.2) is 35.7 Å². The van der Waals surface area contributed by atoms with Crippen LogP contribution in [0.1, 0.15) is 24.8 Å². The lowest BCUT2D eigenvalue weighted by atomic mass is 10.1. The first kappa shape index (κ1) is 16.5. The molecule has 0 bridgehead atoms. The third-order valence-electron chi connectivity index (χ3n) is 3.40. The van der Waals surface area contributed by atoms with Gasteiger partial charge in [0, 0.05) is 23.4 Å². The van der Waals surface area contributed by atoms with Crippen molar-refractivity contribution in [1.82, 2.24) is 10.3 Å². The minimum absolute atomic E-state index is 0.548. The number of thioether (sulfide) groups is 1. The van der Waals surface area contributed by atoms with Gasteiger partial charge in [-0.05, 0) is 31.4 Å². The van der Waals surface area contributed by atoms with Crippen LogP contribution in [0, 0.1) is 0 Å². The third kappa shape index (κ3) is 5.46. The van der Waals surface area contributed by atoms with Crippen LogP contribution in [0.4, 0.5) is 0 Å². The van der Waals surface area contributed by atoms with E-state index in [2.05, 4.69) is 48.1 Å². The number of thiazole rings is 1. The van der Waals surface area contributed by atoms with Gasteiger partial charge in [-0.3, -0.25) is 0 Å². The highest BCUT2D eigenvalue weighted by Gasteiger charge is 2.12. The molecule has 0 saturated heterocycles. The summed E-state index contributed by atoms with van der Waals surface area (Å²) in [4.78, 5) is 4.81. The maximum atomic E-state index is 4.81. The first-order valence-corrected chi connectivity index (χ1v) is 9.83. The van der Waals surface area contributed by atoms with Crippen molar-refractivity contribution in [2.75, 3.05) is 18.6 Å². The van der Waals surface area contributed by atoms with Crippen molar-refractivity contribution in [2.45, 2.75) is 32.2 Å². The molecule has 1 unspecified atom stereocenters. The highest BCUT2D eigenvalue weighted by molar-refractivity contribution is 7.98. The van der Waals surface area contributed by atoms with Gasteiger partial charge in [0.2, 0.25) is 0 Å². The molecule has 0 fully saturated rings. The summed E-state index contributed by atoms with van der Waals surface area (Å²) in [5.74, 6) is 1.21. The smallest absolute Gasteiger partial charge is 0.0948 e. The summed E-state index contributed by atoms with van der Waals surface area (Å²) < 4.78 is 0. The van der Waals surface area contributed by atoms with Crippen LogP contribution in [0.5, 0.6) is 0 Å². The van der Waals surface area contributed by atoms with Gasteiger partial charge in [-0.25, -0.2) is 4.98 Å².